The lowest BCUT2D eigenvalue weighted by atomic mass is 9.87. The number of aromatic nitrogens is 4. The van der Waals surface area contributed by atoms with Gasteiger partial charge in [0.1, 0.15) is 11.2 Å². The molecule has 3 aromatic rings. The largest absolute Gasteiger partial charge is 0.318 e. The first-order chi connectivity index (χ1) is 13.5. The lowest BCUT2D eigenvalue weighted by Crippen LogP contribution is -2.52. The van der Waals surface area contributed by atoms with Crippen LogP contribution in [0, 0.1) is 6.92 Å². The van der Waals surface area contributed by atoms with Gasteiger partial charge in [-0.15, -0.1) is 0 Å². The summed E-state index contributed by atoms with van der Waals surface area (Å²) in [6.45, 7) is 3.27. The summed E-state index contributed by atoms with van der Waals surface area (Å²) in [6, 6.07) is 11.2. The normalized spacial score (nSPS) is 16.1. The van der Waals surface area contributed by atoms with Crippen LogP contribution in [0.2, 0.25) is 0 Å². The SMILES string of the molecule is Cc1c(NC(=O)C2(n3cccn3)CCNCC2)c(=O)n(-c2ccccc2)n1C. The Hall–Kier alpha value is -3.13. The van der Waals surface area contributed by atoms with Gasteiger partial charge in [-0.1, -0.05) is 18.2 Å². The van der Waals surface area contributed by atoms with Crippen LogP contribution in [0.5, 0.6) is 0 Å². The average Bonchev–Trinajstić information content (AvgIpc) is 3.34. The van der Waals surface area contributed by atoms with E-state index in [2.05, 4.69) is 15.7 Å². The van der Waals surface area contributed by atoms with E-state index in [1.165, 1.54) is 0 Å². The van der Waals surface area contributed by atoms with Crippen LogP contribution in [0.4, 0.5) is 5.69 Å². The fourth-order valence-electron chi connectivity index (χ4n) is 3.86. The molecule has 2 N–H and O–H groups in total. The molecular formula is C20H24N6O2. The summed E-state index contributed by atoms with van der Waals surface area (Å²) in [6.07, 6.45) is 4.71. The number of nitrogens with one attached hydrogen (secondary N) is 2. The molecule has 1 saturated heterocycles. The van der Waals surface area contributed by atoms with Crippen LogP contribution in [0.1, 0.15) is 18.5 Å². The van der Waals surface area contributed by atoms with Crippen LogP contribution in [-0.2, 0) is 17.4 Å². The molecule has 146 valence electrons. The number of rotatable bonds is 4. The van der Waals surface area contributed by atoms with Gasteiger partial charge in [-0.2, -0.15) is 5.10 Å². The number of hydrogen-bond acceptors (Lipinski definition) is 4. The van der Waals surface area contributed by atoms with Crippen LogP contribution >= 0.6 is 0 Å². The molecule has 0 saturated carbocycles. The molecule has 1 aliphatic rings. The van der Waals surface area contributed by atoms with E-state index >= 15 is 0 Å². The molecule has 4 rings (SSSR count). The molecule has 8 heteroatoms. The topological polar surface area (TPSA) is 85.9 Å². The van der Waals surface area contributed by atoms with Crippen molar-refractivity contribution >= 4 is 11.6 Å². The highest BCUT2D eigenvalue weighted by Gasteiger charge is 2.42. The zero-order chi connectivity index (χ0) is 19.7. The molecule has 0 aliphatic carbocycles. The minimum absolute atomic E-state index is 0.205. The molecule has 0 atom stereocenters. The fraction of sp³-hybridized carbons (Fsp3) is 0.350. The van der Waals surface area contributed by atoms with E-state index in [1.54, 1.807) is 20.2 Å². The van der Waals surface area contributed by atoms with Gasteiger partial charge in [-0.3, -0.25) is 19.0 Å². The van der Waals surface area contributed by atoms with Crippen molar-refractivity contribution in [3.8, 4) is 5.69 Å². The van der Waals surface area contributed by atoms with Crippen LogP contribution in [0.15, 0.2) is 53.6 Å². The van der Waals surface area contributed by atoms with Crippen molar-refractivity contribution < 1.29 is 4.79 Å². The first kappa shape index (κ1) is 18.2. The van der Waals surface area contributed by atoms with E-state index in [0.717, 1.165) is 18.8 Å². The predicted molar refractivity (Wildman–Crippen MR) is 107 cm³/mol. The van der Waals surface area contributed by atoms with Gasteiger partial charge >= 0.3 is 0 Å². The summed E-state index contributed by atoms with van der Waals surface area (Å²) >= 11 is 0. The number of carbonyl (C=O) groups is 1. The van der Waals surface area contributed by atoms with E-state index in [1.807, 2.05) is 56.6 Å². The van der Waals surface area contributed by atoms with E-state index < -0.39 is 5.54 Å². The number of hydrogen-bond donors (Lipinski definition) is 2. The second-order valence-electron chi connectivity index (χ2n) is 7.12. The first-order valence-electron chi connectivity index (χ1n) is 9.41. The van der Waals surface area contributed by atoms with Gasteiger partial charge in [0.25, 0.3) is 11.5 Å². The summed E-state index contributed by atoms with van der Waals surface area (Å²) in [5.41, 5.74) is 0.709. The van der Waals surface area contributed by atoms with Crippen molar-refractivity contribution in [2.75, 3.05) is 18.4 Å². The summed E-state index contributed by atoms with van der Waals surface area (Å²) in [7, 11) is 1.81. The molecule has 1 amide bonds. The Morgan fingerprint density at radius 3 is 2.54 bits per heavy atom. The van der Waals surface area contributed by atoms with Gasteiger partial charge in [0.05, 0.1) is 11.4 Å². The number of amides is 1. The zero-order valence-electron chi connectivity index (χ0n) is 16.1. The molecule has 0 radical (unpaired) electrons. The van der Waals surface area contributed by atoms with Crippen LogP contribution in [-0.4, -0.2) is 38.1 Å². The zero-order valence-corrected chi connectivity index (χ0v) is 16.1. The quantitative estimate of drug-likeness (QED) is 0.716. The van der Waals surface area contributed by atoms with Crippen molar-refractivity contribution in [2.24, 2.45) is 7.05 Å². The van der Waals surface area contributed by atoms with Crippen LogP contribution in [0.25, 0.3) is 5.69 Å². The molecule has 1 fully saturated rings. The van der Waals surface area contributed by atoms with Crippen molar-refractivity contribution in [1.82, 2.24) is 24.5 Å². The van der Waals surface area contributed by atoms with Gasteiger partial charge in [0, 0.05) is 19.4 Å². The summed E-state index contributed by atoms with van der Waals surface area (Å²) in [5, 5.41) is 10.5. The molecule has 0 unspecified atom stereocenters. The number of benzene rings is 1. The number of para-hydroxylation sites is 1. The maximum atomic E-state index is 13.4. The first-order valence-corrected chi connectivity index (χ1v) is 9.41. The van der Waals surface area contributed by atoms with Crippen LogP contribution < -0.4 is 16.2 Å². The molecular weight excluding hydrogens is 356 g/mol. The van der Waals surface area contributed by atoms with E-state index in [4.69, 9.17) is 0 Å². The third kappa shape index (κ3) is 2.86. The van der Waals surface area contributed by atoms with Crippen LogP contribution in [0.3, 0.4) is 0 Å². The third-order valence-corrected chi connectivity index (χ3v) is 5.59. The van der Waals surface area contributed by atoms with Gasteiger partial charge in [0.2, 0.25) is 0 Å². The van der Waals surface area contributed by atoms with Crippen molar-refractivity contribution in [2.45, 2.75) is 25.3 Å². The third-order valence-electron chi connectivity index (χ3n) is 5.59. The highest BCUT2D eigenvalue weighted by atomic mass is 16.2. The van der Waals surface area contributed by atoms with Gasteiger partial charge in [-0.25, -0.2) is 4.68 Å². The Balaban J connectivity index is 1.73. The Labute approximate surface area is 162 Å². The Morgan fingerprint density at radius 1 is 1.18 bits per heavy atom. The second kappa shape index (κ2) is 7.12. The average molecular weight is 380 g/mol. The number of nitrogens with zero attached hydrogens (tertiary/aromatic N) is 4. The monoisotopic (exact) mass is 380 g/mol. The molecule has 2 aromatic heterocycles. The van der Waals surface area contributed by atoms with Gasteiger partial charge in [-0.05, 0) is 51.1 Å². The Bertz CT molecular complexity index is 1030. The lowest BCUT2D eigenvalue weighted by Gasteiger charge is -2.36. The molecule has 1 aliphatic heterocycles. The minimum atomic E-state index is -0.805. The standard InChI is InChI=1S/C20H24N6O2/c1-15-17(18(27)26(24(15)2)16-7-4-3-5-8-16)23-19(28)20(9-12-21-13-10-20)25-14-6-11-22-25/h3-8,11,14,21H,9-10,12-13H2,1-2H3,(H,23,28). The van der Waals surface area contributed by atoms with Gasteiger partial charge < -0.3 is 10.6 Å². The molecule has 0 spiro atoms. The number of carbonyl (C=O) groups excluding carboxylic acids is 1. The number of anilines is 1. The maximum Gasteiger partial charge on any atom is 0.295 e. The summed E-state index contributed by atoms with van der Waals surface area (Å²) in [4.78, 5) is 26.5. The minimum Gasteiger partial charge on any atom is -0.318 e. The van der Waals surface area contributed by atoms with Crippen molar-refractivity contribution in [3.05, 3.63) is 64.8 Å². The second-order valence-corrected chi connectivity index (χ2v) is 7.12. The smallest absolute Gasteiger partial charge is 0.295 e. The molecule has 28 heavy (non-hydrogen) atoms. The highest BCUT2D eigenvalue weighted by molar-refractivity contribution is 5.97. The molecule has 3 heterocycles. The molecule has 0 bridgehead atoms. The summed E-state index contributed by atoms with van der Waals surface area (Å²) in [5.74, 6) is -0.205. The Morgan fingerprint density at radius 2 is 1.89 bits per heavy atom. The van der Waals surface area contributed by atoms with Gasteiger partial charge in [0.15, 0.2) is 0 Å². The predicted octanol–water partition coefficient (Wildman–Crippen LogP) is 1.40. The van der Waals surface area contributed by atoms with E-state index in [9.17, 15) is 9.59 Å². The maximum absolute atomic E-state index is 13.4. The van der Waals surface area contributed by atoms with E-state index in [-0.39, 0.29) is 11.5 Å². The summed E-state index contributed by atoms with van der Waals surface area (Å²) < 4.78 is 5.04. The van der Waals surface area contributed by atoms with Crippen molar-refractivity contribution in [1.29, 1.82) is 0 Å². The van der Waals surface area contributed by atoms with Crippen molar-refractivity contribution in [3.63, 3.8) is 0 Å². The molecule has 1 aromatic carbocycles. The fourth-order valence-corrected chi connectivity index (χ4v) is 3.86. The Kier molecular flexibility index (Phi) is 4.64. The lowest BCUT2D eigenvalue weighted by molar-refractivity contribution is -0.126. The molecule has 8 nitrogen and oxygen atoms in total. The highest BCUT2D eigenvalue weighted by Crippen LogP contribution is 2.29. The number of piperidine rings is 1. The van der Waals surface area contributed by atoms with E-state index in [0.29, 0.717) is 24.2 Å².